The second kappa shape index (κ2) is 9.91. The average molecular weight is 519 g/mol. The minimum atomic E-state index is -0.209. The zero-order chi connectivity index (χ0) is 25.4. The van der Waals surface area contributed by atoms with E-state index in [0.29, 0.717) is 46.3 Å². The van der Waals surface area contributed by atoms with Gasteiger partial charge in [-0.3, -0.25) is 9.59 Å². The van der Waals surface area contributed by atoms with Crippen molar-refractivity contribution in [2.45, 2.75) is 44.6 Å². The normalized spacial score (nSPS) is 17.5. The van der Waals surface area contributed by atoms with Crippen LogP contribution in [0.5, 0.6) is 11.5 Å². The summed E-state index contributed by atoms with van der Waals surface area (Å²) < 4.78 is 14.2. The Morgan fingerprint density at radius 1 is 1.19 bits per heavy atom. The summed E-state index contributed by atoms with van der Waals surface area (Å²) in [5.41, 5.74) is 2.20. The van der Waals surface area contributed by atoms with E-state index in [0.717, 1.165) is 37.0 Å². The number of hydrogen-bond acceptors (Lipinski definition) is 9. The van der Waals surface area contributed by atoms with Crippen molar-refractivity contribution in [2.24, 2.45) is 0 Å². The molecule has 2 N–H and O–H groups in total. The quantitative estimate of drug-likeness (QED) is 0.352. The highest BCUT2D eigenvalue weighted by Gasteiger charge is 2.27. The van der Waals surface area contributed by atoms with Gasteiger partial charge < -0.3 is 24.7 Å². The summed E-state index contributed by atoms with van der Waals surface area (Å²) in [5.74, 6) is 1.75. The molecule has 0 unspecified atom stereocenters. The lowest BCUT2D eigenvalue weighted by molar-refractivity contribution is -0.114. The second-order valence-corrected chi connectivity index (χ2v) is 10.4. The van der Waals surface area contributed by atoms with Crippen LogP contribution in [0.1, 0.15) is 50.1 Å². The molecule has 1 saturated heterocycles. The van der Waals surface area contributed by atoms with Crippen molar-refractivity contribution in [3.05, 3.63) is 58.8 Å². The molecule has 1 aliphatic heterocycles. The number of hydrogen-bond donors (Lipinski definition) is 2. The zero-order valence-corrected chi connectivity index (χ0v) is 21.1. The second-order valence-electron chi connectivity index (χ2n) is 9.34. The molecule has 6 rings (SSSR count). The van der Waals surface area contributed by atoms with Crippen molar-refractivity contribution >= 4 is 44.2 Å². The van der Waals surface area contributed by atoms with Crippen molar-refractivity contribution in [3.8, 4) is 11.5 Å². The largest absolute Gasteiger partial charge is 0.455 e. The van der Waals surface area contributed by atoms with E-state index in [9.17, 15) is 9.59 Å². The number of nitrogens with zero attached hydrogens (tertiary/aromatic N) is 4. The molecule has 11 heteroatoms. The zero-order valence-electron chi connectivity index (χ0n) is 20.3. The molecule has 0 aromatic carbocycles. The van der Waals surface area contributed by atoms with Gasteiger partial charge in [-0.15, -0.1) is 0 Å². The van der Waals surface area contributed by atoms with Crippen LogP contribution in [0.15, 0.2) is 47.7 Å². The molecule has 2 aliphatic rings. The van der Waals surface area contributed by atoms with E-state index in [-0.39, 0.29) is 17.5 Å². The van der Waals surface area contributed by atoms with Crippen molar-refractivity contribution < 1.29 is 14.3 Å². The molecule has 37 heavy (non-hydrogen) atoms. The van der Waals surface area contributed by atoms with Crippen LogP contribution in [0.25, 0.3) is 10.3 Å². The Balaban J connectivity index is 1.25. The Labute approximate surface area is 216 Å². The fraction of sp³-hybridized carbons (Fsp3) is 0.346. The lowest BCUT2D eigenvalue weighted by Crippen LogP contribution is -2.31. The van der Waals surface area contributed by atoms with Gasteiger partial charge in [-0.1, -0.05) is 11.3 Å². The summed E-state index contributed by atoms with van der Waals surface area (Å²) in [6.07, 6.45) is 9.36. The maximum Gasteiger partial charge on any atom is 0.274 e. The molecular weight excluding hydrogens is 492 g/mol. The number of aromatic nitrogens is 4. The number of amides is 1. The van der Waals surface area contributed by atoms with E-state index >= 15 is 0 Å². The molecule has 4 aromatic rings. The third-order valence-electron chi connectivity index (χ3n) is 6.38. The summed E-state index contributed by atoms with van der Waals surface area (Å²) in [6, 6.07) is 7.20. The molecule has 0 bridgehead atoms. The minimum absolute atomic E-state index is 0.0524. The maximum absolute atomic E-state index is 13.4. The lowest BCUT2D eigenvalue weighted by Gasteiger charge is -2.25. The van der Waals surface area contributed by atoms with Gasteiger partial charge in [-0.2, -0.15) is 4.98 Å². The number of carbonyl (C=O) groups is 1. The van der Waals surface area contributed by atoms with E-state index in [2.05, 4.69) is 25.6 Å². The Hall–Kier alpha value is -3.83. The number of ether oxygens (including phenoxy) is 2. The molecule has 0 spiro atoms. The molecule has 190 valence electrons. The van der Waals surface area contributed by atoms with Gasteiger partial charge in [0.25, 0.3) is 5.56 Å². The summed E-state index contributed by atoms with van der Waals surface area (Å²) in [6.45, 7) is 2.73. The van der Waals surface area contributed by atoms with Gasteiger partial charge in [0.15, 0.2) is 10.8 Å². The van der Waals surface area contributed by atoms with Crippen molar-refractivity contribution in [1.29, 1.82) is 0 Å². The van der Waals surface area contributed by atoms with Gasteiger partial charge in [0.2, 0.25) is 5.91 Å². The fourth-order valence-corrected chi connectivity index (χ4v) is 5.32. The first-order valence-corrected chi connectivity index (χ1v) is 13.1. The highest BCUT2D eigenvalue weighted by Crippen LogP contribution is 2.41. The van der Waals surface area contributed by atoms with Gasteiger partial charge in [-0.05, 0) is 49.3 Å². The van der Waals surface area contributed by atoms with Crippen LogP contribution in [0.4, 0.5) is 16.6 Å². The summed E-state index contributed by atoms with van der Waals surface area (Å²) in [4.78, 5) is 37.8. The van der Waals surface area contributed by atoms with Crippen LogP contribution in [0.2, 0.25) is 0 Å². The highest BCUT2D eigenvalue weighted by atomic mass is 32.1. The molecule has 1 saturated carbocycles. The molecule has 5 heterocycles. The number of carbonyl (C=O) groups excluding carboxylic acids is 1. The van der Waals surface area contributed by atoms with Gasteiger partial charge >= 0.3 is 0 Å². The van der Waals surface area contributed by atoms with Gasteiger partial charge in [0.05, 0.1) is 23.5 Å². The van der Waals surface area contributed by atoms with E-state index < -0.39 is 0 Å². The van der Waals surface area contributed by atoms with Crippen LogP contribution in [0, 0.1) is 0 Å². The molecule has 1 amide bonds. The number of anilines is 3. The van der Waals surface area contributed by atoms with Crippen LogP contribution in [-0.4, -0.2) is 38.6 Å². The van der Waals surface area contributed by atoms with Crippen molar-refractivity contribution in [2.75, 3.05) is 23.8 Å². The first-order valence-electron chi connectivity index (χ1n) is 12.3. The van der Waals surface area contributed by atoms with E-state index in [1.807, 2.05) is 22.9 Å². The van der Waals surface area contributed by atoms with Crippen molar-refractivity contribution in [1.82, 2.24) is 19.5 Å². The van der Waals surface area contributed by atoms with Gasteiger partial charge in [-0.25, -0.2) is 9.97 Å². The Bertz CT molecular complexity index is 1520. The SMILES string of the molecule is CC(=O)Nc1cc(Oc2cnc3nc(Nc4cc(C5CC5)cn([C@H]5CCCOC5)c4=O)sc3c2)ccn1. The third kappa shape index (κ3) is 5.32. The lowest BCUT2D eigenvalue weighted by atomic mass is 10.1. The molecule has 1 atom stereocenters. The summed E-state index contributed by atoms with van der Waals surface area (Å²) in [7, 11) is 0. The van der Waals surface area contributed by atoms with Gasteiger partial charge in [0, 0.05) is 38.1 Å². The predicted molar refractivity (Wildman–Crippen MR) is 141 cm³/mol. The third-order valence-corrected chi connectivity index (χ3v) is 7.28. The number of thiazole rings is 1. The Morgan fingerprint density at radius 2 is 2.08 bits per heavy atom. The Morgan fingerprint density at radius 3 is 2.86 bits per heavy atom. The first-order chi connectivity index (χ1) is 18.0. The standard InChI is InChI=1S/C26H26N6O4S/c1-15(33)29-23-11-19(6-7-27-23)36-20-10-22-24(28-12-20)31-26(37-22)30-21-9-17(16-4-5-16)13-32(25(21)34)18-3-2-8-35-14-18/h6-7,9-13,16,18H,2-5,8,14H2,1H3,(H,27,29,33)(H,28,30,31)/t18-/m0/s1. The Kier molecular flexibility index (Phi) is 6.31. The molecule has 2 fully saturated rings. The highest BCUT2D eigenvalue weighted by molar-refractivity contribution is 7.22. The summed E-state index contributed by atoms with van der Waals surface area (Å²) in [5, 5.41) is 6.49. The van der Waals surface area contributed by atoms with E-state index in [4.69, 9.17) is 9.47 Å². The molecule has 10 nitrogen and oxygen atoms in total. The molecule has 0 radical (unpaired) electrons. The molecule has 4 aromatic heterocycles. The number of nitrogens with one attached hydrogen (secondary N) is 2. The van der Waals surface area contributed by atoms with E-state index in [1.54, 1.807) is 24.5 Å². The average Bonchev–Trinajstić information content (AvgIpc) is 3.66. The van der Waals surface area contributed by atoms with E-state index in [1.165, 1.54) is 23.8 Å². The minimum Gasteiger partial charge on any atom is -0.455 e. The molecule has 1 aliphatic carbocycles. The first kappa shape index (κ1) is 23.6. The fourth-order valence-electron chi connectivity index (χ4n) is 4.45. The monoisotopic (exact) mass is 518 g/mol. The smallest absolute Gasteiger partial charge is 0.274 e. The summed E-state index contributed by atoms with van der Waals surface area (Å²) >= 11 is 1.40. The number of pyridine rings is 3. The maximum atomic E-state index is 13.4. The molecular formula is C26H26N6O4S. The number of rotatable bonds is 7. The predicted octanol–water partition coefficient (Wildman–Crippen LogP) is 4.97. The van der Waals surface area contributed by atoms with Crippen molar-refractivity contribution in [3.63, 3.8) is 0 Å². The topological polar surface area (TPSA) is 120 Å². The van der Waals surface area contributed by atoms with Crippen LogP contribution >= 0.6 is 11.3 Å². The number of fused-ring (bicyclic) bond motifs is 1. The van der Waals surface area contributed by atoms with Crippen LogP contribution < -0.4 is 20.9 Å². The van der Waals surface area contributed by atoms with Crippen LogP contribution in [0.3, 0.4) is 0 Å². The van der Waals surface area contributed by atoms with Crippen LogP contribution in [-0.2, 0) is 9.53 Å². The van der Waals surface area contributed by atoms with Gasteiger partial charge in [0.1, 0.15) is 23.0 Å².